The molecule has 3 rings (SSSR count). The fourth-order valence-corrected chi connectivity index (χ4v) is 4.48. The molecule has 124 valence electrons. The lowest BCUT2D eigenvalue weighted by Gasteiger charge is -2.28. The van der Waals surface area contributed by atoms with Crippen LogP contribution >= 0.6 is 0 Å². The molecule has 0 radical (unpaired) electrons. The number of carbonyl (C=O) groups excluding carboxylic acids is 1. The van der Waals surface area contributed by atoms with E-state index in [2.05, 4.69) is 10.2 Å². The molecule has 1 saturated heterocycles. The lowest BCUT2D eigenvalue weighted by Crippen LogP contribution is -2.42. The third kappa shape index (κ3) is 3.27. The van der Waals surface area contributed by atoms with Crippen molar-refractivity contribution in [1.82, 2.24) is 10.2 Å². The Labute approximate surface area is 131 Å². The first-order valence-electron chi connectivity index (χ1n) is 8.47. The second-order valence-corrected chi connectivity index (χ2v) is 6.82. The summed E-state index contributed by atoms with van der Waals surface area (Å²) in [6.07, 6.45) is 3.82. The lowest BCUT2D eigenvalue weighted by molar-refractivity contribution is -0.149. The second kappa shape index (κ2) is 6.96. The highest BCUT2D eigenvalue weighted by Gasteiger charge is 2.53. The normalized spacial score (nSPS) is 34.7. The molecule has 0 aromatic carbocycles. The fourth-order valence-electron chi connectivity index (χ4n) is 4.48. The number of morpholine rings is 1. The molecule has 0 aromatic heterocycles. The molecule has 6 nitrogen and oxygen atoms in total. The third-order valence-corrected chi connectivity index (χ3v) is 5.56. The Morgan fingerprint density at radius 1 is 1.14 bits per heavy atom. The summed E-state index contributed by atoms with van der Waals surface area (Å²) in [5, 5.41) is 12.4. The summed E-state index contributed by atoms with van der Waals surface area (Å²) >= 11 is 0. The van der Waals surface area contributed by atoms with E-state index in [9.17, 15) is 14.7 Å². The van der Waals surface area contributed by atoms with Crippen LogP contribution in [0.3, 0.4) is 0 Å². The molecule has 3 fully saturated rings. The van der Waals surface area contributed by atoms with Gasteiger partial charge in [0.2, 0.25) is 5.91 Å². The molecule has 1 heterocycles. The zero-order valence-corrected chi connectivity index (χ0v) is 13.0. The number of rotatable bonds is 6. The lowest BCUT2D eigenvalue weighted by atomic mass is 9.78. The van der Waals surface area contributed by atoms with Crippen LogP contribution in [0.4, 0.5) is 0 Å². The average molecular weight is 310 g/mol. The van der Waals surface area contributed by atoms with Crippen molar-refractivity contribution in [2.24, 2.45) is 23.7 Å². The van der Waals surface area contributed by atoms with Crippen LogP contribution in [0.2, 0.25) is 0 Å². The van der Waals surface area contributed by atoms with Crippen LogP contribution < -0.4 is 5.32 Å². The van der Waals surface area contributed by atoms with Gasteiger partial charge < -0.3 is 15.2 Å². The Hall–Kier alpha value is -1.14. The van der Waals surface area contributed by atoms with E-state index in [0.29, 0.717) is 6.54 Å². The minimum atomic E-state index is -0.791. The number of carbonyl (C=O) groups is 2. The summed E-state index contributed by atoms with van der Waals surface area (Å²) in [5.74, 6) is -1.10. The molecule has 0 aromatic rings. The van der Waals surface area contributed by atoms with E-state index in [4.69, 9.17) is 4.74 Å². The molecule has 3 aliphatic rings. The summed E-state index contributed by atoms with van der Waals surface area (Å²) in [6, 6.07) is 0. The van der Waals surface area contributed by atoms with Crippen molar-refractivity contribution in [3.8, 4) is 0 Å². The van der Waals surface area contributed by atoms with Crippen LogP contribution in [-0.2, 0) is 14.3 Å². The highest BCUT2D eigenvalue weighted by molar-refractivity contribution is 5.86. The van der Waals surface area contributed by atoms with E-state index in [1.807, 2.05) is 0 Å². The Morgan fingerprint density at radius 2 is 1.82 bits per heavy atom. The van der Waals surface area contributed by atoms with Crippen molar-refractivity contribution in [1.29, 1.82) is 0 Å². The third-order valence-electron chi connectivity index (χ3n) is 5.56. The van der Waals surface area contributed by atoms with Gasteiger partial charge in [-0.25, -0.2) is 0 Å². The molecule has 1 aliphatic heterocycles. The van der Waals surface area contributed by atoms with E-state index in [0.717, 1.165) is 58.5 Å². The quantitative estimate of drug-likeness (QED) is 0.701. The maximum Gasteiger partial charge on any atom is 0.307 e. The Bertz CT molecular complexity index is 422. The number of ether oxygens (including phenoxy) is 1. The van der Waals surface area contributed by atoms with Gasteiger partial charge in [-0.05, 0) is 44.1 Å². The molecule has 1 amide bonds. The molecule has 4 atom stereocenters. The first kappa shape index (κ1) is 15.7. The number of fused-ring (bicyclic) bond motifs is 2. The van der Waals surface area contributed by atoms with Gasteiger partial charge in [0, 0.05) is 19.6 Å². The summed E-state index contributed by atoms with van der Waals surface area (Å²) in [4.78, 5) is 26.2. The first-order valence-corrected chi connectivity index (χ1v) is 8.47. The van der Waals surface area contributed by atoms with Gasteiger partial charge in [-0.15, -0.1) is 0 Å². The maximum atomic E-state index is 12.4. The van der Waals surface area contributed by atoms with Crippen molar-refractivity contribution in [2.45, 2.75) is 25.7 Å². The molecule has 2 aliphatic carbocycles. The minimum Gasteiger partial charge on any atom is -0.481 e. The van der Waals surface area contributed by atoms with Crippen molar-refractivity contribution in [2.75, 3.05) is 39.4 Å². The fraction of sp³-hybridized carbons (Fsp3) is 0.875. The largest absolute Gasteiger partial charge is 0.481 e. The number of nitrogens with zero attached hydrogens (tertiary/aromatic N) is 1. The summed E-state index contributed by atoms with van der Waals surface area (Å²) < 4.78 is 5.31. The van der Waals surface area contributed by atoms with Gasteiger partial charge in [-0.1, -0.05) is 0 Å². The van der Waals surface area contributed by atoms with Crippen LogP contribution in [0.15, 0.2) is 0 Å². The van der Waals surface area contributed by atoms with Gasteiger partial charge in [0.15, 0.2) is 0 Å². The summed E-state index contributed by atoms with van der Waals surface area (Å²) in [7, 11) is 0. The average Bonchev–Trinajstić information content (AvgIpc) is 3.13. The van der Waals surface area contributed by atoms with Gasteiger partial charge in [-0.2, -0.15) is 0 Å². The zero-order valence-electron chi connectivity index (χ0n) is 13.0. The second-order valence-electron chi connectivity index (χ2n) is 6.82. The summed E-state index contributed by atoms with van der Waals surface area (Å²) in [5.41, 5.74) is 0. The number of amides is 1. The van der Waals surface area contributed by atoms with E-state index in [1.165, 1.54) is 0 Å². The molecule has 0 unspecified atom stereocenters. The zero-order chi connectivity index (χ0) is 15.5. The molecule has 0 spiro atoms. The minimum absolute atomic E-state index is 0.0402. The van der Waals surface area contributed by atoms with E-state index in [1.54, 1.807) is 0 Å². The van der Waals surface area contributed by atoms with Crippen LogP contribution in [-0.4, -0.2) is 61.3 Å². The van der Waals surface area contributed by atoms with Gasteiger partial charge in [0.05, 0.1) is 25.0 Å². The Kier molecular flexibility index (Phi) is 4.98. The highest BCUT2D eigenvalue weighted by Crippen LogP contribution is 2.52. The van der Waals surface area contributed by atoms with Crippen LogP contribution in [0.1, 0.15) is 25.7 Å². The monoisotopic (exact) mass is 310 g/mol. The van der Waals surface area contributed by atoms with E-state index >= 15 is 0 Å². The van der Waals surface area contributed by atoms with Crippen LogP contribution in [0, 0.1) is 23.7 Å². The molecular formula is C16H26N2O4. The molecule has 22 heavy (non-hydrogen) atoms. The maximum absolute atomic E-state index is 12.4. The van der Waals surface area contributed by atoms with Gasteiger partial charge >= 0.3 is 5.97 Å². The number of hydrogen-bond donors (Lipinski definition) is 2. The SMILES string of the molecule is O=C(NCCCN1CCOCC1)[C@@H]1[C@H]2CC[C@@H](C2)[C@@H]1C(=O)O. The Morgan fingerprint density at radius 3 is 2.50 bits per heavy atom. The molecule has 2 N–H and O–H groups in total. The molecule has 2 bridgehead atoms. The number of nitrogens with one attached hydrogen (secondary N) is 1. The van der Waals surface area contributed by atoms with Crippen molar-refractivity contribution >= 4 is 11.9 Å². The Balaban J connectivity index is 1.42. The predicted molar refractivity (Wildman–Crippen MR) is 80.3 cm³/mol. The molecule has 2 saturated carbocycles. The standard InChI is InChI=1S/C16H26N2O4/c19-15(17-4-1-5-18-6-8-22-9-7-18)13-11-2-3-12(10-11)14(13)16(20)21/h11-14H,1-10H2,(H,17,19)(H,20,21)/t11-,12-,13+,14-/m0/s1. The molecule has 6 heteroatoms. The van der Waals surface area contributed by atoms with Crippen LogP contribution in [0.25, 0.3) is 0 Å². The van der Waals surface area contributed by atoms with Gasteiger partial charge in [0.1, 0.15) is 0 Å². The number of aliphatic carboxylic acids is 1. The van der Waals surface area contributed by atoms with Crippen molar-refractivity contribution in [3.05, 3.63) is 0 Å². The number of hydrogen-bond acceptors (Lipinski definition) is 4. The van der Waals surface area contributed by atoms with Gasteiger partial charge in [0.25, 0.3) is 0 Å². The predicted octanol–water partition coefficient (Wildman–Crippen LogP) is 0.572. The first-order chi connectivity index (χ1) is 10.7. The topological polar surface area (TPSA) is 78.9 Å². The van der Waals surface area contributed by atoms with Crippen molar-refractivity contribution < 1.29 is 19.4 Å². The van der Waals surface area contributed by atoms with Gasteiger partial charge in [-0.3, -0.25) is 14.5 Å². The number of carboxylic acid groups (broad SMARTS) is 1. The smallest absolute Gasteiger partial charge is 0.307 e. The van der Waals surface area contributed by atoms with E-state index < -0.39 is 11.9 Å². The van der Waals surface area contributed by atoms with Crippen LogP contribution in [0.5, 0.6) is 0 Å². The van der Waals surface area contributed by atoms with Crippen molar-refractivity contribution in [3.63, 3.8) is 0 Å². The molecular weight excluding hydrogens is 284 g/mol. The summed E-state index contributed by atoms with van der Waals surface area (Å²) in [6.45, 7) is 5.09. The van der Waals surface area contributed by atoms with E-state index in [-0.39, 0.29) is 23.7 Å². The highest BCUT2D eigenvalue weighted by atomic mass is 16.5. The number of carboxylic acids is 1.